The summed E-state index contributed by atoms with van der Waals surface area (Å²) in [5.74, 6) is -0.487. The third-order valence-corrected chi connectivity index (χ3v) is 2.39. The van der Waals surface area contributed by atoms with Crippen LogP contribution in [0, 0.1) is 5.82 Å². The van der Waals surface area contributed by atoms with Gasteiger partial charge in [-0.15, -0.1) is 0 Å². The molecule has 1 rings (SSSR count). The average Bonchev–Trinajstić information content (AvgIpc) is 2.29. The molecule has 0 aromatic heterocycles. The van der Waals surface area contributed by atoms with E-state index in [9.17, 15) is 14.0 Å². The van der Waals surface area contributed by atoms with Crippen molar-refractivity contribution >= 4 is 22.8 Å². The molecule has 1 amide bonds. The quantitative estimate of drug-likeness (QED) is 0.793. The number of amides is 1. The van der Waals surface area contributed by atoms with E-state index in [4.69, 9.17) is 11.6 Å². The number of hydrogen-bond acceptors (Lipinski definition) is 2. The molecule has 3 nitrogen and oxygen atoms in total. The van der Waals surface area contributed by atoms with E-state index in [1.54, 1.807) is 12.1 Å². The monoisotopic (exact) mass is 257 g/mol. The molecule has 0 aliphatic rings. The second-order valence-electron chi connectivity index (χ2n) is 3.58. The average molecular weight is 258 g/mol. The lowest BCUT2D eigenvalue weighted by Crippen LogP contribution is -2.25. The standard InChI is InChI=1S/C12H13ClFNO2/c13-11(16)5-6-12(17)15-8-7-9-1-3-10(14)4-2-9/h1-4H,5-8H2,(H,15,17). The molecule has 0 spiro atoms. The van der Waals surface area contributed by atoms with Crippen molar-refractivity contribution in [3.63, 3.8) is 0 Å². The van der Waals surface area contributed by atoms with Crippen LogP contribution in [0.1, 0.15) is 18.4 Å². The van der Waals surface area contributed by atoms with Gasteiger partial charge in [-0.25, -0.2) is 4.39 Å². The molecule has 0 fully saturated rings. The smallest absolute Gasteiger partial charge is 0.222 e. The number of carbonyl (C=O) groups excluding carboxylic acids is 2. The fourth-order valence-electron chi connectivity index (χ4n) is 1.30. The Balaban J connectivity index is 2.21. The third kappa shape index (κ3) is 6.02. The lowest BCUT2D eigenvalue weighted by atomic mass is 10.1. The van der Waals surface area contributed by atoms with Crippen molar-refractivity contribution < 1.29 is 14.0 Å². The lowest BCUT2D eigenvalue weighted by molar-refractivity contribution is -0.123. The van der Waals surface area contributed by atoms with Crippen molar-refractivity contribution in [3.05, 3.63) is 35.6 Å². The molecule has 1 aromatic carbocycles. The summed E-state index contributed by atoms with van der Waals surface area (Å²) >= 11 is 5.11. The van der Waals surface area contributed by atoms with Crippen LogP contribution in [0.2, 0.25) is 0 Å². The summed E-state index contributed by atoms with van der Waals surface area (Å²) in [6.07, 6.45) is 0.774. The largest absolute Gasteiger partial charge is 0.356 e. The minimum Gasteiger partial charge on any atom is -0.356 e. The fraction of sp³-hybridized carbons (Fsp3) is 0.333. The number of rotatable bonds is 6. The summed E-state index contributed by atoms with van der Waals surface area (Å²) in [5, 5.41) is 2.14. The number of nitrogens with one attached hydrogen (secondary N) is 1. The van der Waals surface area contributed by atoms with Crippen molar-refractivity contribution in [1.29, 1.82) is 0 Å². The Kier molecular flexibility index (Phi) is 5.63. The maximum absolute atomic E-state index is 12.6. The third-order valence-electron chi connectivity index (χ3n) is 2.20. The zero-order valence-electron chi connectivity index (χ0n) is 9.21. The molecule has 0 aliphatic heterocycles. The molecule has 0 radical (unpaired) electrons. The zero-order chi connectivity index (χ0) is 12.7. The molecule has 92 valence electrons. The van der Waals surface area contributed by atoms with Crippen molar-refractivity contribution in [1.82, 2.24) is 5.32 Å². The molecule has 17 heavy (non-hydrogen) atoms. The molecule has 1 N–H and O–H groups in total. The summed E-state index contributed by atoms with van der Waals surface area (Å²) in [4.78, 5) is 21.6. The highest BCUT2D eigenvalue weighted by atomic mass is 35.5. The first-order chi connectivity index (χ1) is 8.08. The van der Waals surface area contributed by atoms with E-state index in [2.05, 4.69) is 5.32 Å². The number of benzene rings is 1. The van der Waals surface area contributed by atoms with E-state index in [-0.39, 0.29) is 24.6 Å². The van der Waals surface area contributed by atoms with Gasteiger partial charge in [0.2, 0.25) is 11.1 Å². The molecular formula is C12H13ClFNO2. The van der Waals surface area contributed by atoms with Crippen LogP contribution < -0.4 is 5.32 Å². The highest BCUT2D eigenvalue weighted by Gasteiger charge is 2.03. The predicted octanol–water partition coefficient (Wildman–Crippen LogP) is 2.03. The molecule has 0 saturated carbocycles. The van der Waals surface area contributed by atoms with E-state index in [0.717, 1.165) is 5.56 Å². The van der Waals surface area contributed by atoms with E-state index in [1.165, 1.54) is 12.1 Å². The van der Waals surface area contributed by atoms with Crippen LogP contribution in [-0.2, 0) is 16.0 Å². The van der Waals surface area contributed by atoms with Gasteiger partial charge in [-0.05, 0) is 35.7 Å². The Morgan fingerprint density at radius 2 is 1.82 bits per heavy atom. The highest BCUT2D eigenvalue weighted by molar-refractivity contribution is 6.63. The van der Waals surface area contributed by atoms with Gasteiger partial charge in [0.25, 0.3) is 0 Å². The van der Waals surface area contributed by atoms with Gasteiger partial charge in [-0.3, -0.25) is 9.59 Å². The zero-order valence-corrected chi connectivity index (χ0v) is 9.97. The van der Waals surface area contributed by atoms with Crippen LogP contribution in [0.25, 0.3) is 0 Å². The van der Waals surface area contributed by atoms with Crippen LogP contribution in [0.3, 0.4) is 0 Å². The Morgan fingerprint density at radius 3 is 2.41 bits per heavy atom. The SMILES string of the molecule is O=C(Cl)CCC(=O)NCCc1ccc(F)cc1. The van der Waals surface area contributed by atoms with Crippen molar-refractivity contribution in [3.8, 4) is 0 Å². The van der Waals surface area contributed by atoms with Gasteiger partial charge in [0.05, 0.1) is 0 Å². The van der Waals surface area contributed by atoms with E-state index in [0.29, 0.717) is 13.0 Å². The summed E-state index contributed by atoms with van der Waals surface area (Å²) < 4.78 is 12.6. The number of halogens is 2. The van der Waals surface area contributed by atoms with Gasteiger partial charge in [-0.2, -0.15) is 0 Å². The summed E-state index contributed by atoms with van der Waals surface area (Å²) in [7, 11) is 0. The molecule has 0 bridgehead atoms. The van der Waals surface area contributed by atoms with Crippen LogP contribution in [0.4, 0.5) is 4.39 Å². The predicted molar refractivity (Wildman–Crippen MR) is 63.2 cm³/mol. The normalized spacial score (nSPS) is 10.0. The minimum absolute atomic E-state index is 0.0456. The Labute approximate surface area is 104 Å². The van der Waals surface area contributed by atoms with Crippen molar-refractivity contribution in [2.45, 2.75) is 19.3 Å². The fourth-order valence-corrected chi connectivity index (χ4v) is 1.39. The van der Waals surface area contributed by atoms with Gasteiger partial charge >= 0.3 is 0 Å². The first-order valence-electron chi connectivity index (χ1n) is 5.27. The van der Waals surface area contributed by atoms with Gasteiger partial charge in [0, 0.05) is 19.4 Å². The van der Waals surface area contributed by atoms with Crippen LogP contribution in [-0.4, -0.2) is 17.7 Å². The Bertz CT molecular complexity index is 392. The van der Waals surface area contributed by atoms with Gasteiger partial charge < -0.3 is 5.32 Å². The topological polar surface area (TPSA) is 46.2 Å². The second-order valence-corrected chi connectivity index (χ2v) is 4.00. The second kappa shape index (κ2) is 7.01. The molecule has 0 aliphatic carbocycles. The molecule has 5 heteroatoms. The summed E-state index contributed by atoms with van der Waals surface area (Å²) in [6.45, 7) is 0.459. The molecule has 0 heterocycles. The van der Waals surface area contributed by atoms with E-state index in [1.807, 2.05) is 0 Å². The highest BCUT2D eigenvalue weighted by Crippen LogP contribution is 2.02. The molecule has 1 aromatic rings. The summed E-state index contributed by atoms with van der Waals surface area (Å²) in [6, 6.07) is 6.10. The molecule has 0 saturated heterocycles. The minimum atomic E-state index is -0.515. The van der Waals surface area contributed by atoms with Gasteiger partial charge in [-0.1, -0.05) is 12.1 Å². The Hall–Kier alpha value is -1.42. The van der Waals surface area contributed by atoms with Crippen LogP contribution >= 0.6 is 11.6 Å². The van der Waals surface area contributed by atoms with E-state index < -0.39 is 5.24 Å². The van der Waals surface area contributed by atoms with Crippen LogP contribution in [0.15, 0.2) is 24.3 Å². The summed E-state index contributed by atoms with van der Waals surface area (Å²) in [5.41, 5.74) is 0.945. The molecule has 0 atom stereocenters. The van der Waals surface area contributed by atoms with Crippen molar-refractivity contribution in [2.75, 3.05) is 6.54 Å². The van der Waals surface area contributed by atoms with E-state index >= 15 is 0 Å². The van der Waals surface area contributed by atoms with Gasteiger partial charge in [0.1, 0.15) is 5.82 Å². The maximum atomic E-state index is 12.6. The Morgan fingerprint density at radius 1 is 1.18 bits per heavy atom. The number of hydrogen-bond donors (Lipinski definition) is 1. The van der Waals surface area contributed by atoms with Crippen LogP contribution in [0.5, 0.6) is 0 Å². The molecular weight excluding hydrogens is 245 g/mol. The first kappa shape index (κ1) is 13.6. The maximum Gasteiger partial charge on any atom is 0.222 e. The van der Waals surface area contributed by atoms with Crippen molar-refractivity contribution in [2.24, 2.45) is 0 Å². The first-order valence-corrected chi connectivity index (χ1v) is 5.65. The number of carbonyl (C=O) groups is 2. The lowest BCUT2D eigenvalue weighted by Gasteiger charge is -2.04. The van der Waals surface area contributed by atoms with Gasteiger partial charge in [0.15, 0.2) is 0 Å². The molecule has 0 unspecified atom stereocenters.